The monoisotopic (exact) mass is 392 g/mol. The Balaban J connectivity index is 1.75. The Morgan fingerprint density at radius 3 is 1.93 bits per heavy atom. The van der Waals surface area contributed by atoms with Crippen molar-refractivity contribution in [1.29, 1.82) is 0 Å². The van der Waals surface area contributed by atoms with Gasteiger partial charge in [0.1, 0.15) is 0 Å². The molecule has 2 saturated heterocycles. The number of aryl methyl sites for hydroxylation is 2. The van der Waals surface area contributed by atoms with Crippen LogP contribution in [0.1, 0.15) is 54.4 Å². The van der Waals surface area contributed by atoms with Crippen LogP contribution in [0, 0.1) is 33.6 Å². The van der Waals surface area contributed by atoms with Crippen LogP contribution < -0.4 is 0 Å². The average Bonchev–Trinajstić information content (AvgIpc) is 2.66. The van der Waals surface area contributed by atoms with Gasteiger partial charge in [0.25, 0.3) is 0 Å². The van der Waals surface area contributed by atoms with Crippen LogP contribution in [0.5, 0.6) is 0 Å². The highest BCUT2D eigenvalue weighted by Crippen LogP contribution is 2.31. The molecule has 1 aromatic rings. The molecular weight excluding hydrogens is 360 g/mol. The maximum atomic E-state index is 13.3. The Labute approximate surface area is 163 Å². The SMILES string of the molecule is Cc1cc(C)c(C)c(S(=O)(=O)N2CCC(C(=O)N3CCCCC3)CC2)c1C. The number of hydrogen-bond acceptors (Lipinski definition) is 3. The van der Waals surface area contributed by atoms with E-state index in [2.05, 4.69) is 0 Å². The third-order valence-corrected chi connectivity index (χ3v) is 8.54. The summed E-state index contributed by atoms with van der Waals surface area (Å²) in [6.07, 6.45) is 4.62. The van der Waals surface area contributed by atoms with Gasteiger partial charge in [-0.15, -0.1) is 0 Å². The number of benzene rings is 1. The molecule has 2 heterocycles. The minimum atomic E-state index is -3.53. The third-order valence-electron chi connectivity index (χ3n) is 6.37. The molecule has 0 N–H and O–H groups in total. The molecule has 0 saturated carbocycles. The summed E-state index contributed by atoms with van der Waals surface area (Å²) >= 11 is 0. The zero-order chi connectivity index (χ0) is 19.8. The molecule has 2 aliphatic heterocycles. The second kappa shape index (κ2) is 7.92. The van der Waals surface area contributed by atoms with Gasteiger partial charge in [-0.1, -0.05) is 6.07 Å². The highest BCUT2D eigenvalue weighted by Gasteiger charge is 2.35. The maximum absolute atomic E-state index is 13.3. The highest BCUT2D eigenvalue weighted by atomic mass is 32.2. The van der Waals surface area contributed by atoms with Crippen molar-refractivity contribution in [3.8, 4) is 0 Å². The van der Waals surface area contributed by atoms with Gasteiger partial charge in [-0.05, 0) is 82.1 Å². The Morgan fingerprint density at radius 2 is 1.41 bits per heavy atom. The number of piperidine rings is 2. The molecule has 3 rings (SSSR count). The van der Waals surface area contributed by atoms with Gasteiger partial charge in [0.2, 0.25) is 15.9 Å². The molecular formula is C21H32N2O3S. The Kier molecular flexibility index (Phi) is 5.96. The van der Waals surface area contributed by atoms with E-state index in [1.165, 1.54) is 6.42 Å². The summed E-state index contributed by atoms with van der Waals surface area (Å²) < 4.78 is 28.3. The summed E-state index contributed by atoms with van der Waals surface area (Å²) in [6.45, 7) is 10.3. The number of likely N-dealkylation sites (tertiary alicyclic amines) is 1. The topological polar surface area (TPSA) is 57.7 Å². The lowest BCUT2D eigenvalue weighted by Crippen LogP contribution is -2.45. The molecule has 27 heavy (non-hydrogen) atoms. The lowest BCUT2D eigenvalue weighted by atomic mass is 9.95. The first kappa shape index (κ1) is 20.3. The van der Waals surface area contributed by atoms with Crippen LogP contribution in [0.3, 0.4) is 0 Å². The molecule has 0 radical (unpaired) electrons. The Morgan fingerprint density at radius 1 is 0.889 bits per heavy atom. The number of carbonyl (C=O) groups is 1. The van der Waals surface area contributed by atoms with Gasteiger partial charge in [0, 0.05) is 32.1 Å². The molecule has 150 valence electrons. The zero-order valence-electron chi connectivity index (χ0n) is 17.0. The molecule has 0 bridgehead atoms. The predicted octanol–water partition coefficient (Wildman–Crippen LogP) is 3.33. The third kappa shape index (κ3) is 3.92. The van der Waals surface area contributed by atoms with E-state index >= 15 is 0 Å². The van der Waals surface area contributed by atoms with Gasteiger partial charge < -0.3 is 4.90 Å². The molecule has 1 amide bonds. The van der Waals surface area contributed by atoms with Crippen LogP contribution in [0.4, 0.5) is 0 Å². The standard InChI is InChI=1S/C21H32N2O3S/c1-15-14-16(2)18(4)20(17(15)3)27(25,26)23-12-8-19(9-13-23)21(24)22-10-6-5-7-11-22/h14,19H,5-13H2,1-4H3. The first-order valence-electron chi connectivity index (χ1n) is 10.1. The number of hydrogen-bond donors (Lipinski definition) is 0. The van der Waals surface area contributed by atoms with Gasteiger partial charge in [-0.2, -0.15) is 4.31 Å². The molecule has 2 aliphatic rings. The van der Waals surface area contributed by atoms with E-state index in [1.54, 1.807) is 4.31 Å². The Hall–Kier alpha value is -1.40. The highest BCUT2D eigenvalue weighted by molar-refractivity contribution is 7.89. The van der Waals surface area contributed by atoms with Crippen molar-refractivity contribution >= 4 is 15.9 Å². The Bertz CT molecular complexity index is 792. The summed E-state index contributed by atoms with van der Waals surface area (Å²) in [7, 11) is -3.53. The molecule has 6 heteroatoms. The number of rotatable bonds is 3. The maximum Gasteiger partial charge on any atom is 0.243 e. The van der Waals surface area contributed by atoms with Crippen LogP contribution in [0.2, 0.25) is 0 Å². The number of amides is 1. The van der Waals surface area contributed by atoms with E-state index in [0.29, 0.717) is 30.8 Å². The fourth-order valence-corrected chi connectivity index (χ4v) is 6.46. The van der Waals surface area contributed by atoms with Crippen LogP contribution in [-0.4, -0.2) is 49.7 Å². The lowest BCUT2D eigenvalue weighted by Gasteiger charge is -2.35. The van der Waals surface area contributed by atoms with E-state index in [1.807, 2.05) is 38.7 Å². The van der Waals surface area contributed by atoms with Crippen molar-refractivity contribution in [2.75, 3.05) is 26.2 Å². The largest absolute Gasteiger partial charge is 0.342 e. The molecule has 0 aliphatic carbocycles. The molecule has 5 nitrogen and oxygen atoms in total. The molecule has 2 fully saturated rings. The van der Waals surface area contributed by atoms with E-state index in [9.17, 15) is 13.2 Å². The van der Waals surface area contributed by atoms with Crippen molar-refractivity contribution in [2.24, 2.45) is 5.92 Å². The van der Waals surface area contributed by atoms with Crippen molar-refractivity contribution in [3.63, 3.8) is 0 Å². The molecule has 0 atom stereocenters. The summed E-state index contributed by atoms with van der Waals surface area (Å²) in [5.74, 6) is 0.196. The smallest absolute Gasteiger partial charge is 0.243 e. The fraction of sp³-hybridized carbons (Fsp3) is 0.667. The van der Waals surface area contributed by atoms with Gasteiger partial charge in [-0.3, -0.25) is 4.79 Å². The summed E-state index contributed by atoms with van der Waals surface area (Å²) in [5, 5.41) is 0. The van der Waals surface area contributed by atoms with Gasteiger partial charge in [0.15, 0.2) is 0 Å². The van der Waals surface area contributed by atoms with Crippen molar-refractivity contribution < 1.29 is 13.2 Å². The van der Waals surface area contributed by atoms with E-state index < -0.39 is 10.0 Å². The van der Waals surface area contributed by atoms with Crippen molar-refractivity contribution in [3.05, 3.63) is 28.3 Å². The van der Waals surface area contributed by atoms with Crippen LogP contribution in [0.15, 0.2) is 11.0 Å². The summed E-state index contributed by atoms with van der Waals surface area (Å²) in [4.78, 5) is 15.2. The molecule has 0 unspecified atom stereocenters. The summed E-state index contributed by atoms with van der Waals surface area (Å²) in [6, 6.07) is 2.05. The fourth-order valence-electron chi connectivity index (χ4n) is 4.41. The number of sulfonamides is 1. The predicted molar refractivity (Wildman–Crippen MR) is 107 cm³/mol. The second-order valence-electron chi connectivity index (χ2n) is 8.15. The zero-order valence-corrected chi connectivity index (χ0v) is 17.9. The number of nitrogens with zero attached hydrogens (tertiary/aromatic N) is 2. The van der Waals surface area contributed by atoms with Crippen LogP contribution in [0.25, 0.3) is 0 Å². The van der Waals surface area contributed by atoms with Gasteiger partial charge >= 0.3 is 0 Å². The molecule has 0 spiro atoms. The average molecular weight is 393 g/mol. The minimum Gasteiger partial charge on any atom is -0.342 e. The number of carbonyl (C=O) groups excluding carboxylic acids is 1. The minimum absolute atomic E-state index is 0.0315. The molecule has 0 aromatic heterocycles. The van der Waals surface area contributed by atoms with Crippen molar-refractivity contribution in [2.45, 2.75) is 64.7 Å². The summed E-state index contributed by atoms with van der Waals surface area (Å²) in [5.41, 5.74) is 3.69. The van der Waals surface area contributed by atoms with E-state index in [4.69, 9.17) is 0 Å². The van der Waals surface area contributed by atoms with Crippen LogP contribution >= 0.6 is 0 Å². The quantitative estimate of drug-likeness (QED) is 0.793. The van der Waals surface area contributed by atoms with Crippen LogP contribution in [-0.2, 0) is 14.8 Å². The van der Waals surface area contributed by atoms with Gasteiger partial charge in [0.05, 0.1) is 4.90 Å². The normalized spacial score (nSPS) is 20.1. The second-order valence-corrected chi connectivity index (χ2v) is 10.0. The van der Waals surface area contributed by atoms with E-state index in [0.717, 1.165) is 48.2 Å². The lowest BCUT2D eigenvalue weighted by molar-refractivity contribution is -0.137. The first-order chi connectivity index (χ1) is 12.7. The van der Waals surface area contributed by atoms with Crippen molar-refractivity contribution in [1.82, 2.24) is 9.21 Å². The van der Waals surface area contributed by atoms with Gasteiger partial charge in [-0.25, -0.2) is 8.42 Å². The van der Waals surface area contributed by atoms with E-state index in [-0.39, 0.29) is 11.8 Å². The first-order valence-corrected chi connectivity index (χ1v) is 11.5. The molecule has 1 aromatic carbocycles.